The zero-order valence-corrected chi connectivity index (χ0v) is 10.7. The van der Waals surface area contributed by atoms with E-state index >= 15 is 0 Å². The van der Waals surface area contributed by atoms with Gasteiger partial charge in [-0.25, -0.2) is 9.97 Å². The molecule has 0 unspecified atom stereocenters. The van der Waals surface area contributed by atoms with Crippen molar-refractivity contribution in [3.63, 3.8) is 0 Å². The number of benzene rings is 1. The van der Waals surface area contributed by atoms with Gasteiger partial charge in [-0.2, -0.15) is 12.6 Å². The summed E-state index contributed by atoms with van der Waals surface area (Å²) in [5.41, 5.74) is 3.20. The maximum atomic E-state index is 4.58. The van der Waals surface area contributed by atoms with Gasteiger partial charge in [0.2, 0.25) is 0 Å². The average Bonchev–Trinajstić information content (AvgIpc) is 2.83. The van der Waals surface area contributed by atoms with Gasteiger partial charge in [0.1, 0.15) is 5.82 Å². The van der Waals surface area contributed by atoms with Gasteiger partial charge in [0.25, 0.3) is 0 Å². The molecule has 3 nitrogen and oxygen atoms in total. The van der Waals surface area contributed by atoms with E-state index in [-0.39, 0.29) is 0 Å². The van der Waals surface area contributed by atoms with E-state index in [4.69, 9.17) is 0 Å². The molecule has 18 heavy (non-hydrogen) atoms. The van der Waals surface area contributed by atoms with E-state index in [1.807, 2.05) is 30.6 Å². The van der Waals surface area contributed by atoms with Crippen LogP contribution in [0.4, 0.5) is 0 Å². The van der Waals surface area contributed by atoms with E-state index in [2.05, 4.69) is 39.7 Å². The minimum absolute atomic E-state index is 0.761. The van der Waals surface area contributed by atoms with Crippen LogP contribution in [-0.4, -0.2) is 20.7 Å². The van der Waals surface area contributed by atoms with Crippen molar-refractivity contribution in [2.45, 2.75) is 6.42 Å². The van der Waals surface area contributed by atoms with Crippen molar-refractivity contribution < 1.29 is 0 Å². The Morgan fingerprint density at radius 1 is 1.17 bits per heavy atom. The Hall–Kier alpha value is -1.81. The summed E-state index contributed by atoms with van der Waals surface area (Å²) in [5.74, 6) is 1.60. The minimum atomic E-state index is 0.761. The Morgan fingerprint density at radius 2 is 2.06 bits per heavy atom. The third kappa shape index (κ3) is 1.99. The van der Waals surface area contributed by atoms with Crippen LogP contribution >= 0.6 is 12.6 Å². The van der Waals surface area contributed by atoms with Gasteiger partial charge in [-0.15, -0.1) is 0 Å². The van der Waals surface area contributed by atoms with Gasteiger partial charge in [-0.3, -0.25) is 0 Å². The first-order chi connectivity index (χ1) is 8.88. The second kappa shape index (κ2) is 4.82. The number of rotatable bonds is 3. The molecule has 3 aromatic rings. The normalized spacial score (nSPS) is 10.9. The third-order valence-electron chi connectivity index (χ3n) is 2.91. The number of aromatic nitrogens is 3. The van der Waals surface area contributed by atoms with Crippen molar-refractivity contribution >= 4 is 23.5 Å². The molecule has 4 heteroatoms. The van der Waals surface area contributed by atoms with Crippen molar-refractivity contribution in [1.29, 1.82) is 0 Å². The third-order valence-corrected chi connectivity index (χ3v) is 3.13. The predicted octanol–water partition coefficient (Wildman–Crippen LogP) is 3.10. The second-order valence-corrected chi connectivity index (χ2v) is 4.53. The van der Waals surface area contributed by atoms with Crippen molar-refractivity contribution in [2.75, 3.05) is 5.75 Å². The van der Waals surface area contributed by atoms with Crippen LogP contribution in [0.15, 0.2) is 42.7 Å². The molecule has 0 saturated heterocycles. The van der Waals surface area contributed by atoms with Crippen molar-refractivity contribution in [1.82, 2.24) is 15.0 Å². The molecule has 0 radical (unpaired) electrons. The number of nitrogens with one attached hydrogen (secondary N) is 1. The lowest BCUT2D eigenvalue weighted by Gasteiger charge is -2.01. The van der Waals surface area contributed by atoms with Crippen LogP contribution in [0.1, 0.15) is 5.82 Å². The first kappa shape index (κ1) is 11.3. The Balaban J connectivity index is 2.11. The second-order valence-electron chi connectivity index (χ2n) is 4.08. The molecule has 3 rings (SSSR count). The summed E-state index contributed by atoms with van der Waals surface area (Å²) in [6.45, 7) is 0. The highest BCUT2D eigenvalue weighted by Gasteiger charge is 2.07. The van der Waals surface area contributed by atoms with Crippen LogP contribution < -0.4 is 0 Å². The summed E-state index contributed by atoms with van der Waals surface area (Å²) in [6.07, 6.45) is 4.60. The fourth-order valence-electron chi connectivity index (χ4n) is 2.05. The monoisotopic (exact) mass is 255 g/mol. The zero-order chi connectivity index (χ0) is 12.4. The standard InChI is InChI=1S/C14H13N3S/c18-8-6-14-15-7-5-13(17-14)11-9-16-12-4-2-1-3-10(11)12/h1-5,7,9,16,18H,6,8H2. The van der Waals surface area contributed by atoms with Crippen LogP contribution in [0.25, 0.3) is 22.2 Å². The van der Waals surface area contributed by atoms with E-state index in [1.165, 1.54) is 5.39 Å². The molecule has 0 spiro atoms. The van der Waals surface area contributed by atoms with Gasteiger partial charge in [0.05, 0.1) is 5.69 Å². The maximum Gasteiger partial charge on any atom is 0.129 e. The lowest BCUT2D eigenvalue weighted by Crippen LogP contribution is -1.96. The van der Waals surface area contributed by atoms with Crippen LogP contribution in [0.2, 0.25) is 0 Å². The molecule has 0 aliphatic carbocycles. The van der Waals surface area contributed by atoms with Gasteiger partial charge in [-0.1, -0.05) is 18.2 Å². The molecular weight excluding hydrogens is 242 g/mol. The Kier molecular flexibility index (Phi) is 3.02. The molecule has 0 aliphatic heterocycles. The summed E-state index contributed by atoms with van der Waals surface area (Å²) in [5, 5.41) is 1.19. The number of para-hydroxylation sites is 1. The van der Waals surface area contributed by atoms with Crippen LogP contribution in [-0.2, 0) is 6.42 Å². The van der Waals surface area contributed by atoms with E-state index in [0.717, 1.165) is 34.8 Å². The van der Waals surface area contributed by atoms with Crippen LogP contribution in [0.5, 0.6) is 0 Å². The summed E-state index contributed by atoms with van der Waals surface area (Å²) in [7, 11) is 0. The van der Waals surface area contributed by atoms with E-state index in [1.54, 1.807) is 0 Å². The molecule has 1 N–H and O–H groups in total. The highest BCUT2D eigenvalue weighted by Crippen LogP contribution is 2.26. The van der Waals surface area contributed by atoms with E-state index in [9.17, 15) is 0 Å². The quantitative estimate of drug-likeness (QED) is 0.706. The number of hydrogen-bond acceptors (Lipinski definition) is 3. The lowest BCUT2D eigenvalue weighted by atomic mass is 10.1. The largest absolute Gasteiger partial charge is 0.360 e. The van der Waals surface area contributed by atoms with Crippen LogP contribution in [0, 0.1) is 0 Å². The van der Waals surface area contributed by atoms with Gasteiger partial charge < -0.3 is 4.98 Å². The lowest BCUT2D eigenvalue weighted by molar-refractivity contribution is 0.953. The molecule has 0 bridgehead atoms. The van der Waals surface area contributed by atoms with E-state index < -0.39 is 0 Å². The Bertz CT molecular complexity index is 675. The van der Waals surface area contributed by atoms with Crippen LogP contribution in [0.3, 0.4) is 0 Å². The number of nitrogens with zero attached hydrogens (tertiary/aromatic N) is 2. The molecule has 90 valence electrons. The van der Waals surface area contributed by atoms with Crippen molar-refractivity contribution in [3.8, 4) is 11.3 Å². The fraction of sp³-hybridized carbons (Fsp3) is 0.143. The smallest absolute Gasteiger partial charge is 0.129 e. The first-order valence-corrected chi connectivity index (χ1v) is 6.51. The molecule has 2 heterocycles. The topological polar surface area (TPSA) is 41.6 Å². The van der Waals surface area contributed by atoms with Crippen molar-refractivity contribution in [2.24, 2.45) is 0 Å². The summed E-state index contributed by atoms with van der Waals surface area (Å²) in [6, 6.07) is 10.2. The number of thiol groups is 1. The molecule has 0 saturated carbocycles. The van der Waals surface area contributed by atoms with Gasteiger partial charge >= 0.3 is 0 Å². The number of H-pyrrole nitrogens is 1. The molecule has 0 aliphatic rings. The van der Waals surface area contributed by atoms with Crippen molar-refractivity contribution in [3.05, 3.63) is 48.5 Å². The van der Waals surface area contributed by atoms with Gasteiger partial charge in [0, 0.05) is 35.3 Å². The fourth-order valence-corrected chi connectivity index (χ4v) is 2.25. The predicted molar refractivity (Wildman–Crippen MR) is 76.9 cm³/mol. The summed E-state index contributed by atoms with van der Waals surface area (Å²) < 4.78 is 0. The highest BCUT2D eigenvalue weighted by atomic mass is 32.1. The molecule has 1 aromatic carbocycles. The van der Waals surface area contributed by atoms with Gasteiger partial charge in [-0.05, 0) is 17.9 Å². The molecular formula is C14H13N3S. The Morgan fingerprint density at radius 3 is 2.94 bits per heavy atom. The molecule has 0 fully saturated rings. The minimum Gasteiger partial charge on any atom is -0.360 e. The number of fused-ring (bicyclic) bond motifs is 1. The zero-order valence-electron chi connectivity index (χ0n) is 9.80. The molecule has 0 atom stereocenters. The average molecular weight is 255 g/mol. The highest BCUT2D eigenvalue weighted by molar-refractivity contribution is 7.80. The number of aromatic amines is 1. The van der Waals surface area contributed by atoms with Gasteiger partial charge in [0.15, 0.2) is 0 Å². The maximum absolute atomic E-state index is 4.58. The number of aryl methyl sites for hydroxylation is 1. The summed E-state index contributed by atoms with van der Waals surface area (Å²) in [4.78, 5) is 12.1. The summed E-state index contributed by atoms with van der Waals surface area (Å²) >= 11 is 4.21. The first-order valence-electron chi connectivity index (χ1n) is 5.88. The Labute approximate surface area is 111 Å². The molecule has 2 aromatic heterocycles. The molecule has 0 amide bonds. The SMILES string of the molecule is SCCc1nccc(-c2c[nH]c3ccccc23)n1. The van der Waals surface area contributed by atoms with E-state index in [0.29, 0.717) is 0 Å². The number of hydrogen-bond donors (Lipinski definition) is 2.